The third-order valence-corrected chi connectivity index (χ3v) is 6.21. The molecule has 0 saturated carbocycles. The average Bonchev–Trinajstić information content (AvgIpc) is 2.65. The highest BCUT2D eigenvalue weighted by Gasteiger charge is 2.26. The van der Waals surface area contributed by atoms with Crippen molar-refractivity contribution in [2.24, 2.45) is 11.7 Å². The zero-order valence-corrected chi connectivity index (χ0v) is 15.4. The molecule has 1 fully saturated rings. The van der Waals surface area contributed by atoms with Gasteiger partial charge in [0.2, 0.25) is 15.9 Å². The SMILES string of the molecule is CN(CCC(N)=O)S(=O)(=O)c1cccc(C(=O)N2CCC[C@@H](C#N)C2)c1. The highest BCUT2D eigenvalue weighted by Crippen LogP contribution is 2.21. The smallest absolute Gasteiger partial charge is 0.253 e. The van der Waals surface area contributed by atoms with Gasteiger partial charge >= 0.3 is 0 Å². The molecule has 0 spiro atoms. The second-order valence-electron chi connectivity index (χ2n) is 6.29. The van der Waals surface area contributed by atoms with Gasteiger partial charge < -0.3 is 10.6 Å². The first-order valence-electron chi connectivity index (χ1n) is 8.29. The predicted octanol–water partition coefficient (Wildman–Crippen LogP) is 0.558. The number of amides is 2. The normalized spacial score (nSPS) is 17.7. The Labute approximate surface area is 153 Å². The molecule has 1 saturated heterocycles. The molecular formula is C17H22N4O4S. The number of carbonyl (C=O) groups is 2. The van der Waals surface area contributed by atoms with Crippen molar-refractivity contribution in [3.05, 3.63) is 29.8 Å². The third kappa shape index (κ3) is 4.59. The van der Waals surface area contributed by atoms with Gasteiger partial charge in [0, 0.05) is 38.7 Å². The number of rotatable bonds is 6. The highest BCUT2D eigenvalue weighted by molar-refractivity contribution is 7.89. The monoisotopic (exact) mass is 378 g/mol. The first-order chi connectivity index (χ1) is 12.3. The van der Waals surface area contributed by atoms with Crippen molar-refractivity contribution in [1.29, 1.82) is 5.26 Å². The molecule has 0 radical (unpaired) electrons. The fraction of sp³-hybridized carbons (Fsp3) is 0.471. The Hall–Kier alpha value is -2.44. The van der Waals surface area contributed by atoms with E-state index in [1.807, 2.05) is 0 Å². The molecule has 9 heteroatoms. The second-order valence-corrected chi connectivity index (χ2v) is 8.34. The second kappa shape index (κ2) is 8.29. The van der Waals surface area contributed by atoms with Crippen molar-refractivity contribution >= 4 is 21.8 Å². The number of benzene rings is 1. The van der Waals surface area contributed by atoms with E-state index in [1.165, 1.54) is 25.2 Å². The number of hydrogen-bond acceptors (Lipinski definition) is 5. The largest absolute Gasteiger partial charge is 0.370 e. The van der Waals surface area contributed by atoms with Crippen LogP contribution in [0.5, 0.6) is 0 Å². The molecule has 0 aromatic heterocycles. The van der Waals surface area contributed by atoms with Crippen LogP contribution in [0.25, 0.3) is 0 Å². The van der Waals surface area contributed by atoms with Crippen LogP contribution in [0.3, 0.4) is 0 Å². The van der Waals surface area contributed by atoms with Gasteiger partial charge in [-0.3, -0.25) is 9.59 Å². The number of nitrogens with two attached hydrogens (primary N) is 1. The number of nitrogens with zero attached hydrogens (tertiary/aromatic N) is 3. The van der Waals surface area contributed by atoms with Crippen LogP contribution >= 0.6 is 0 Å². The molecular weight excluding hydrogens is 356 g/mol. The number of hydrogen-bond donors (Lipinski definition) is 1. The zero-order valence-electron chi connectivity index (χ0n) is 14.6. The van der Waals surface area contributed by atoms with Gasteiger partial charge in [-0.05, 0) is 31.0 Å². The summed E-state index contributed by atoms with van der Waals surface area (Å²) in [6.07, 6.45) is 1.43. The van der Waals surface area contributed by atoms with Gasteiger partial charge in [-0.25, -0.2) is 12.7 Å². The van der Waals surface area contributed by atoms with Crippen LogP contribution in [0, 0.1) is 17.2 Å². The van der Waals surface area contributed by atoms with E-state index in [9.17, 15) is 18.0 Å². The van der Waals surface area contributed by atoms with Crippen LogP contribution in [0.4, 0.5) is 0 Å². The Bertz CT molecular complexity index is 831. The molecule has 0 aliphatic carbocycles. The molecule has 8 nitrogen and oxygen atoms in total. The molecule has 2 N–H and O–H groups in total. The predicted molar refractivity (Wildman–Crippen MR) is 94.3 cm³/mol. The Kier molecular flexibility index (Phi) is 6.34. The molecule has 140 valence electrons. The topological polar surface area (TPSA) is 125 Å². The van der Waals surface area contributed by atoms with Gasteiger partial charge in [-0.2, -0.15) is 5.26 Å². The standard InChI is InChI=1S/C17H22N4O4S/c1-20(9-7-16(19)22)26(24,25)15-6-2-5-14(10-15)17(23)21-8-3-4-13(11-18)12-21/h2,5-6,10,13H,3-4,7-9,12H2,1H3,(H2,19,22)/t13-/m0/s1. The highest BCUT2D eigenvalue weighted by atomic mass is 32.2. The lowest BCUT2D eigenvalue weighted by Gasteiger charge is -2.29. The van der Waals surface area contributed by atoms with Crippen LogP contribution in [0.1, 0.15) is 29.6 Å². The summed E-state index contributed by atoms with van der Waals surface area (Å²) in [6.45, 7) is 0.864. The fourth-order valence-corrected chi connectivity index (χ4v) is 4.02. The third-order valence-electron chi connectivity index (χ3n) is 4.35. The van der Waals surface area contributed by atoms with E-state index in [2.05, 4.69) is 6.07 Å². The summed E-state index contributed by atoms with van der Waals surface area (Å²) in [5.41, 5.74) is 5.32. The first kappa shape index (κ1) is 19.9. The molecule has 1 aliphatic rings. The number of primary amides is 1. The summed E-state index contributed by atoms with van der Waals surface area (Å²) in [7, 11) is -2.48. The summed E-state index contributed by atoms with van der Waals surface area (Å²) >= 11 is 0. The fourth-order valence-electron chi connectivity index (χ4n) is 2.81. The molecule has 2 amide bonds. The van der Waals surface area contributed by atoms with Gasteiger partial charge in [-0.1, -0.05) is 6.07 Å². The Morgan fingerprint density at radius 3 is 2.81 bits per heavy atom. The Morgan fingerprint density at radius 1 is 1.42 bits per heavy atom. The minimum atomic E-state index is -3.83. The molecule has 0 unspecified atom stereocenters. The maximum Gasteiger partial charge on any atom is 0.253 e. The minimum Gasteiger partial charge on any atom is -0.370 e. The van der Waals surface area contributed by atoms with E-state index in [4.69, 9.17) is 11.0 Å². The quantitative estimate of drug-likeness (QED) is 0.774. The zero-order chi connectivity index (χ0) is 19.3. The van der Waals surface area contributed by atoms with Crippen LogP contribution < -0.4 is 5.73 Å². The van der Waals surface area contributed by atoms with E-state index < -0.39 is 15.9 Å². The summed E-state index contributed by atoms with van der Waals surface area (Å²) in [5.74, 6) is -1.07. The van der Waals surface area contributed by atoms with E-state index in [0.717, 1.165) is 17.1 Å². The van der Waals surface area contributed by atoms with Crippen LogP contribution in [-0.2, 0) is 14.8 Å². The Balaban J connectivity index is 2.20. The minimum absolute atomic E-state index is 0.0239. The summed E-state index contributed by atoms with van der Waals surface area (Å²) in [6, 6.07) is 7.98. The first-order valence-corrected chi connectivity index (χ1v) is 9.73. The van der Waals surface area contributed by atoms with Crippen molar-refractivity contribution in [3.63, 3.8) is 0 Å². The summed E-state index contributed by atoms with van der Waals surface area (Å²) < 4.78 is 26.2. The molecule has 2 rings (SSSR count). The molecule has 1 heterocycles. The number of likely N-dealkylation sites (tertiary alicyclic amines) is 1. The summed E-state index contributed by atoms with van der Waals surface area (Å²) in [5, 5.41) is 9.06. The molecule has 1 aromatic rings. The van der Waals surface area contributed by atoms with Gasteiger partial charge in [-0.15, -0.1) is 0 Å². The number of sulfonamides is 1. The average molecular weight is 378 g/mol. The number of carbonyl (C=O) groups excluding carboxylic acids is 2. The van der Waals surface area contributed by atoms with Crippen molar-refractivity contribution in [2.45, 2.75) is 24.2 Å². The van der Waals surface area contributed by atoms with E-state index >= 15 is 0 Å². The van der Waals surface area contributed by atoms with Crippen LogP contribution in [-0.4, -0.2) is 56.1 Å². The molecule has 26 heavy (non-hydrogen) atoms. The van der Waals surface area contributed by atoms with Crippen molar-refractivity contribution in [1.82, 2.24) is 9.21 Å². The summed E-state index contributed by atoms with van der Waals surface area (Å²) in [4.78, 5) is 25.1. The van der Waals surface area contributed by atoms with E-state index in [0.29, 0.717) is 13.1 Å². The molecule has 1 aromatic carbocycles. The lowest BCUT2D eigenvalue weighted by molar-refractivity contribution is -0.118. The van der Waals surface area contributed by atoms with Crippen molar-refractivity contribution in [3.8, 4) is 6.07 Å². The lowest BCUT2D eigenvalue weighted by atomic mass is 9.99. The Morgan fingerprint density at radius 2 is 2.15 bits per heavy atom. The maximum absolute atomic E-state index is 12.7. The van der Waals surface area contributed by atoms with E-state index in [-0.39, 0.29) is 35.2 Å². The number of piperidine rings is 1. The lowest BCUT2D eigenvalue weighted by Crippen LogP contribution is -2.39. The van der Waals surface area contributed by atoms with Gasteiger partial charge in [0.05, 0.1) is 16.9 Å². The molecule has 0 bridgehead atoms. The maximum atomic E-state index is 12.7. The molecule has 1 aliphatic heterocycles. The van der Waals surface area contributed by atoms with Gasteiger partial charge in [0.1, 0.15) is 0 Å². The van der Waals surface area contributed by atoms with E-state index in [1.54, 1.807) is 11.0 Å². The van der Waals surface area contributed by atoms with Crippen LogP contribution in [0.2, 0.25) is 0 Å². The van der Waals surface area contributed by atoms with Gasteiger partial charge in [0.25, 0.3) is 5.91 Å². The van der Waals surface area contributed by atoms with Crippen molar-refractivity contribution < 1.29 is 18.0 Å². The van der Waals surface area contributed by atoms with Crippen LogP contribution in [0.15, 0.2) is 29.2 Å². The molecule has 1 atom stereocenters. The number of nitriles is 1. The van der Waals surface area contributed by atoms with Gasteiger partial charge in [0.15, 0.2) is 0 Å². The van der Waals surface area contributed by atoms with Crippen molar-refractivity contribution in [2.75, 3.05) is 26.7 Å².